The molecule has 15 heavy (non-hydrogen) atoms. The number of hydrogen-bond acceptors (Lipinski definition) is 2. The van der Waals surface area contributed by atoms with Gasteiger partial charge in [-0.25, -0.2) is 0 Å². The summed E-state index contributed by atoms with van der Waals surface area (Å²) < 4.78 is 0. The van der Waals surface area contributed by atoms with Gasteiger partial charge in [0.2, 0.25) is 5.91 Å². The molecule has 1 amide bonds. The van der Waals surface area contributed by atoms with E-state index in [0.717, 1.165) is 29.7 Å². The van der Waals surface area contributed by atoms with Crippen LogP contribution in [0.5, 0.6) is 0 Å². The fraction of sp³-hybridized carbons (Fsp3) is 0.417. The van der Waals surface area contributed by atoms with Crippen LogP contribution in [0.3, 0.4) is 0 Å². The molecule has 0 saturated heterocycles. The Morgan fingerprint density at radius 2 is 1.80 bits per heavy atom. The normalized spacial score (nSPS) is 17.3. The van der Waals surface area contributed by atoms with Crippen molar-refractivity contribution in [1.29, 1.82) is 0 Å². The SMILES string of the molecule is Cc1cc(C)cc(NC(=O)C2(N)CC2)c1. The summed E-state index contributed by atoms with van der Waals surface area (Å²) >= 11 is 0. The van der Waals surface area contributed by atoms with Gasteiger partial charge in [0.05, 0.1) is 5.54 Å². The van der Waals surface area contributed by atoms with E-state index in [1.165, 1.54) is 0 Å². The molecule has 1 fully saturated rings. The number of rotatable bonds is 2. The first-order valence-electron chi connectivity index (χ1n) is 5.18. The summed E-state index contributed by atoms with van der Waals surface area (Å²) in [6.07, 6.45) is 1.59. The molecule has 0 bridgehead atoms. The summed E-state index contributed by atoms with van der Waals surface area (Å²) in [5.74, 6) is -0.0625. The van der Waals surface area contributed by atoms with Crippen molar-refractivity contribution in [3.8, 4) is 0 Å². The number of hydrogen-bond donors (Lipinski definition) is 2. The second-order valence-electron chi connectivity index (χ2n) is 4.49. The minimum absolute atomic E-state index is 0.0625. The van der Waals surface area contributed by atoms with Gasteiger partial charge >= 0.3 is 0 Å². The molecular weight excluding hydrogens is 188 g/mol. The van der Waals surface area contributed by atoms with Gasteiger partial charge in [0.15, 0.2) is 0 Å². The summed E-state index contributed by atoms with van der Waals surface area (Å²) in [6.45, 7) is 4.02. The minimum Gasteiger partial charge on any atom is -0.324 e. The molecule has 3 nitrogen and oxygen atoms in total. The molecule has 1 aromatic rings. The maximum Gasteiger partial charge on any atom is 0.244 e. The van der Waals surface area contributed by atoms with Crippen molar-refractivity contribution in [3.63, 3.8) is 0 Å². The van der Waals surface area contributed by atoms with Gasteiger partial charge in [-0.1, -0.05) is 6.07 Å². The third-order valence-electron chi connectivity index (χ3n) is 2.72. The minimum atomic E-state index is -0.600. The van der Waals surface area contributed by atoms with E-state index in [4.69, 9.17) is 5.73 Å². The molecule has 0 spiro atoms. The molecule has 1 saturated carbocycles. The molecule has 80 valence electrons. The Morgan fingerprint density at radius 3 is 2.27 bits per heavy atom. The first-order chi connectivity index (χ1) is 6.99. The van der Waals surface area contributed by atoms with Crippen LogP contribution in [0.15, 0.2) is 18.2 Å². The number of nitrogens with one attached hydrogen (secondary N) is 1. The molecule has 2 rings (SSSR count). The second kappa shape index (κ2) is 3.35. The first kappa shape index (κ1) is 10.2. The van der Waals surface area contributed by atoms with E-state index >= 15 is 0 Å². The van der Waals surface area contributed by atoms with Gasteiger partial charge in [-0.05, 0) is 49.9 Å². The van der Waals surface area contributed by atoms with E-state index < -0.39 is 5.54 Å². The lowest BCUT2D eigenvalue weighted by molar-refractivity contribution is -0.118. The van der Waals surface area contributed by atoms with Crippen molar-refractivity contribution in [1.82, 2.24) is 0 Å². The van der Waals surface area contributed by atoms with Gasteiger partial charge in [-0.2, -0.15) is 0 Å². The van der Waals surface area contributed by atoms with Gasteiger partial charge in [-0.3, -0.25) is 4.79 Å². The van der Waals surface area contributed by atoms with E-state index in [0.29, 0.717) is 0 Å². The number of anilines is 1. The van der Waals surface area contributed by atoms with Crippen LogP contribution in [0.2, 0.25) is 0 Å². The molecule has 3 N–H and O–H groups in total. The van der Waals surface area contributed by atoms with Crippen molar-refractivity contribution >= 4 is 11.6 Å². The molecule has 0 unspecified atom stereocenters. The Balaban J connectivity index is 2.13. The monoisotopic (exact) mass is 204 g/mol. The van der Waals surface area contributed by atoms with Gasteiger partial charge in [0.1, 0.15) is 0 Å². The zero-order valence-corrected chi connectivity index (χ0v) is 9.13. The summed E-state index contributed by atoms with van der Waals surface area (Å²) in [5, 5.41) is 2.86. The number of amides is 1. The highest BCUT2D eigenvalue weighted by atomic mass is 16.2. The largest absolute Gasteiger partial charge is 0.324 e. The van der Waals surface area contributed by atoms with Gasteiger partial charge in [0, 0.05) is 5.69 Å². The van der Waals surface area contributed by atoms with E-state index in [1.54, 1.807) is 0 Å². The second-order valence-corrected chi connectivity index (χ2v) is 4.49. The maximum atomic E-state index is 11.7. The van der Waals surface area contributed by atoms with Crippen LogP contribution in [0.1, 0.15) is 24.0 Å². The summed E-state index contributed by atoms with van der Waals surface area (Å²) in [5.41, 5.74) is 8.34. The van der Waals surface area contributed by atoms with Crippen molar-refractivity contribution < 1.29 is 4.79 Å². The smallest absolute Gasteiger partial charge is 0.244 e. The molecule has 0 heterocycles. The van der Waals surface area contributed by atoms with Crippen LogP contribution in [0, 0.1) is 13.8 Å². The van der Waals surface area contributed by atoms with E-state index in [2.05, 4.69) is 11.4 Å². The Morgan fingerprint density at radius 1 is 1.27 bits per heavy atom. The maximum absolute atomic E-state index is 11.7. The van der Waals surface area contributed by atoms with E-state index in [-0.39, 0.29) is 5.91 Å². The Bertz CT molecular complexity index is 388. The number of aryl methyl sites for hydroxylation is 2. The Hall–Kier alpha value is -1.35. The quantitative estimate of drug-likeness (QED) is 0.770. The molecule has 0 atom stereocenters. The number of nitrogens with two attached hydrogens (primary N) is 1. The molecule has 0 radical (unpaired) electrons. The molecule has 0 aromatic heterocycles. The topological polar surface area (TPSA) is 55.1 Å². The molecular formula is C12H16N2O. The van der Waals surface area contributed by atoms with E-state index in [1.807, 2.05) is 26.0 Å². The van der Waals surface area contributed by atoms with E-state index in [9.17, 15) is 4.79 Å². The lowest BCUT2D eigenvalue weighted by Crippen LogP contribution is -2.37. The van der Waals surface area contributed by atoms with Crippen molar-refractivity contribution in [3.05, 3.63) is 29.3 Å². The summed E-state index contributed by atoms with van der Waals surface area (Å²) in [4.78, 5) is 11.7. The number of carbonyl (C=O) groups excluding carboxylic acids is 1. The standard InChI is InChI=1S/C12H16N2O/c1-8-5-9(2)7-10(6-8)14-11(15)12(13)3-4-12/h5-7H,3-4,13H2,1-2H3,(H,14,15). The third-order valence-corrected chi connectivity index (χ3v) is 2.72. The average molecular weight is 204 g/mol. The van der Waals surface area contributed by atoms with Crippen LogP contribution in [-0.2, 0) is 4.79 Å². The van der Waals surface area contributed by atoms with Crippen molar-refractivity contribution in [2.75, 3.05) is 5.32 Å². The van der Waals surface area contributed by atoms with Crippen LogP contribution < -0.4 is 11.1 Å². The fourth-order valence-corrected chi connectivity index (χ4v) is 1.66. The van der Waals surface area contributed by atoms with Gasteiger partial charge < -0.3 is 11.1 Å². The molecule has 3 heteroatoms. The Kier molecular flexibility index (Phi) is 2.27. The lowest BCUT2D eigenvalue weighted by atomic mass is 10.1. The lowest BCUT2D eigenvalue weighted by Gasteiger charge is -2.11. The fourth-order valence-electron chi connectivity index (χ4n) is 1.66. The highest BCUT2D eigenvalue weighted by Crippen LogP contribution is 2.33. The summed E-state index contributed by atoms with van der Waals surface area (Å²) in [7, 11) is 0. The summed E-state index contributed by atoms with van der Waals surface area (Å²) in [6, 6.07) is 5.98. The van der Waals surface area contributed by atoms with Gasteiger partial charge in [-0.15, -0.1) is 0 Å². The number of carbonyl (C=O) groups is 1. The van der Waals surface area contributed by atoms with Crippen LogP contribution in [-0.4, -0.2) is 11.4 Å². The molecule has 1 aliphatic carbocycles. The predicted octanol–water partition coefficient (Wildman–Crippen LogP) is 1.73. The molecule has 1 aromatic carbocycles. The van der Waals surface area contributed by atoms with Crippen LogP contribution in [0.4, 0.5) is 5.69 Å². The van der Waals surface area contributed by atoms with Gasteiger partial charge in [0.25, 0.3) is 0 Å². The highest BCUT2D eigenvalue weighted by Gasteiger charge is 2.45. The van der Waals surface area contributed by atoms with Crippen molar-refractivity contribution in [2.45, 2.75) is 32.2 Å². The van der Waals surface area contributed by atoms with Crippen LogP contribution >= 0.6 is 0 Å². The van der Waals surface area contributed by atoms with Crippen molar-refractivity contribution in [2.24, 2.45) is 5.73 Å². The molecule has 0 aliphatic heterocycles. The molecule has 1 aliphatic rings. The number of benzene rings is 1. The predicted molar refractivity (Wildman–Crippen MR) is 60.7 cm³/mol. The third kappa shape index (κ3) is 2.18. The highest BCUT2D eigenvalue weighted by molar-refractivity contribution is 6.00. The average Bonchev–Trinajstić information content (AvgIpc) is 2.83. The van der Waals surface area contributed by atoms with Crippen LogP contribution in [0.25, 0.3) is 0 Å². The first-order valence-corrected chi connectivity index (χ1v) is 5.18. The Labute approximate surface area is 89.7 Å². The zero-order chi connectivity index (χ0) is 11.1. The zero-order valence-electron chi connectivity index (χ0n) is 9.13.